The molecule has 0 aromatic heterocycles. The van der Waals surface area contributed by atoms with Crippen LogP contribution in [-0.4, -0.2) is 29.5 Å². The first-order valence-corrected chi connectivity index (χ1v) is 9.48. The summed E-state index contributed by atoms with van der Waals surface area (Å²) in [6, 6.07) is 17.2. The zero-order chi connectivity index (χ0) is 17.6. The summed E-state index contributed by atoms with van der Waals surface area (Å²) < 4.78 is 0. The van der Waals surface area contributed by atoms with E-state index >= 15 is 0 Å². The monoisotopic (exact) mass is 373 g/mol. The molecule has 0 unspecified atom stereocenters. The van der Waals surface area contributed by atoms with Gasteiger partial charge < -0.3 is 5.32 Å². The molecule has 0 bridgehead atoms. The number of carbonyl (C=O) groups is 1. The summed E-state index contributed by atoms with van der Waals surface area (Å²) in [5.74, 6) is 0. The number of benzene rings is 2. The van der Waals surface area contributed by atoms with Crippen LogP contribution >= 0.6 is 23.4 Å². The molecule has 0 saturated heterocycles. The van der Waals surface area contributed by atoms with Crippen molar-refractivity contribution in [2.45, 2.75) is 18.6 Å². The number of anilines is 1. The molecule has 1 heterocycles. The molecule has 0 radical (unpaired) electrons. The van der Waals surface area contributed by atoms with E-state index in [0.717, 1.165) is 12.1 Å². The predicted molar refractivity (Wildman–Crippen MR) is 107 cm³/mol. The normalized spacial score (nSPS) is 16.4. The number of nitrogens with zero attached hydrogens (tertiary/aromatic N) is 2. The average molecular weight is 374 g/mol. The summed E-state index contributed by atoms with van der Waals surface area (Å²) in [7, 11) is 0. The van der Waals surface area contributed by atoms with E-state index in [-0.39, 0.29) is 6.03 Å². The van der Waals surface area contributed by atoms with Crippen molar-refractivity contribution in [1.29, 1.82) is 0 Å². The van der Waals surface area contributed by atoms with Crippen LogP contribution in [0.5, 0.6) is 0 Å². The highest BCUT2D eigenvalue weighted by molar-refractivity contribution is 8.15. The van der Waals surface area contributed by atoms with Crippen molar-refractivity contribution in [3.05, 3.63) is 65.2 Å². The van der Waals surface area contributed by atoms with E-state index in [9.17, 15) is 4.79 Å². The third-order valence-corrected chi connectivity index (χ3v) is 5.09. The standard InChI is InChI=1S/C19H20ClN3OS/c1-14-13-22-19(25-14)23(17-9-5-8-16(20)12-17)18(24)21-11-10-15-6-3-2-4-7-15/h2-9,12,14H,10-11,13H2,1H3,(H,21,24)/t14-/m1/s1. The van der Waals surface area contributed by atoms with Gasteiger partial charge in [-0.05, 0) is 30.2 Å². The van der Waals surface area contributed by atoms with Crippen molar-refractivity contribution < 1.29 is 4.79 Å². The second-order valence-corrected chi connectivity index (χ2v) is 7.68. The second kappa shape index (κ2) is 8.41. The van der Waals surface area contributed by atoms with Crippen LogP contribution in [0.4, 0.5) is 10.5 Å². The van der Waals surface area contributed by atoms with Gasteiger partial charge in [-0.25, -0.2) is 9.69 Å². The lowest BCUT2D eigenvalue weighted by Crippen LogP contribution is -2.43. The fourth-order valence-electron chi connectivity index (χ4n) is 2.55. The van der Waals surface area contributed by atoms with Crippen molar-refractivity contribution in [2.75, 3.05) is 18.0 Å². The van der Waals surface area contributed by atoms with Crippen molar-refractivity contribution >= 4 is 40.2 Å². The molecule has 4 nitrogen and oxygen atoms in total. The third-order valence-electron chi connectivity index (χ3n) is 3.78. The molecule has 2 aromatic rings. The van der Waals surface area contributed by atoms with E-state index in [1.165, 1.54) is 5.56 Å². The number of halogens is 1. The van der Waals surface area contributed by atoms with Gasteiger partial charge in [-0.1, -0.05) is 66.7 Å². The minimum Gasteiger partial charge on any atom is -0.337 e. The first kappa shape index (κ1) is 17.8. The number of amidine groups is 1. The highest BCUT2D eigenvalue weighted by atomic mass is 35.5. The van der Waals surface area contributed by atoms with Gasteiger partial charge in [0.15, 0.2) is 5.17 Å². The summed E-state index contributed by atoms with van der Waals surface area (Å²) in [4.78, 5) is 18.9. The Labute approximate surface area is 157 Å². The summed E-state index contributed by atoms with van der Waals surface area (Å²) in [5, 5.41) is 4.67. The van der Waals surface area contributed by atoms with Crippen molar-refractivity contribution in [1.82, 2.24) is 5.32 Å². The van der Waals surface area contributed by atoms with Crippen LogP contribution in [0.2, 0.25) is 5.02 Å². The fraction of sp³-hybridized carbons (Fsp3) is 0.263. The Hall–Kier alpha value is -1.98. The predicted octanol–water partition coefficient (Wildman–Crippen LogP) is 4.59. The summed E-state index contributed by atoms with van der Waals surface area (Å²) in [5.41, 5.74) is 1.92. The Bertz CT molecular complexity index is 766. The van der Waals surface area contributed by atoms with Crippen molar-refractivity contribution in [3.8, 4) is 0 Å². The van der Waals surface area contributed by atoms with Gasteiger partial charge in [0.05, 0.1) is 12.2 Å². The summed E-state index contributed by atoms with van der Waals surface area (Å²) in [6.45, 7) is 3.38. The van der Waals surface area contributed by atoms with E-state index < -0.39 is 0 Å². The van der Waals surface area contributed by atoms with Crippen LogP contribution < -0.4 is 10.2 Å². The van der Waals surface area contributed by atoms with Gasteiger partial charge in [-0.3, -0.25) is 4.99 Å². The molecule has 1 aliphatic heterocycles. The zero-order valence-corrected chi connectivity index (χ0v) is 15.6. The number of nitrogens with one attached hydrogen (secondary N) is 1. The van der Waals surface area contributed by atoms with Gasteiger partial charge in [0.25, 0.3) is 0 Å². The number of carbonyl (C=O) groups excluding carboxylic acids is 1. The van der Waals surface area contributed by atoms with Gasteiger partial charge in [-0.15, -0.1) is 0 Å². The molecule has 2 amide bonds. The SMILES string of the molecule is C[C@@H]1CN=C(N(C(=O)NCCc2ccccc2)c2cccc(Cl)c2)S1. The quantitative estimate of drug-likeness (QED) is 0.851. The number of thioether (sulfide) groups is 1. The van der Waals surface area contributed by atoms with Crippen LogP contribution in [-0.2, 0) is 6.42 Å². The van der Waals surface area contributed by atoms with Crippen LogP contribution in [0, 0.1) is 0 Å². The molecule has 0 aliphatic carbocycles. The number of aliphatic imine (C=N–C) groups is 1. The molecule has 3 rings (SSSR count). The van der Waals surface area contributed by atoms with Crippen LogP contribution in [0.15, 0.2) is 59.6 Å². The molecular weight excluding hydrogens is 354 g/mol. The van der Waals surface area contributed by atoms with Gasteiger partial charge in [0.1, 0.15) is 0 Å². The van der Waals surface area contributed by atoms with E-state index in [0.29, 0.717) is 28.5 Å². The summed E-state index contributed by atoms with van der Waals surface area (Å²) >= 11 is 7.71. The van der Waals surface area contributed by atoms with E-state index in [2.05, 4.69) is 29.4 Å². The lowest BCUT2D eigenvalue weighted by Gasteiger charge is -2.23. The Morgan fingerprint density at radius 3 is 2.76 bits per heavy atom. The minimum atomic E-state index is -0.182. The molecule has 1 N–H and O–H groups in total. The summed E-state index contributed by atoms with van der Waals surface area (Å²) in [6.07, 6.45) is 0.784. The maximum Gasteiger partial charge on any atom is 0.328 e. The van der Waals surface area contributed by atoms with Crippen molar-refractivity contribution in [2.24, 2.45) is 4.99 Å². The van der Waals surface area contributed by atoms with Crippen LogP contribution in [0.1, 0.15) is 12.5 Å². The highest BCUT2D eigenvalue weighted by Crippen LogP contribution is 2.28. The number of hydrogen-bond acceptors (Lipinski definition) is 3. The molecule has 0 fully saturated rings. The molecule has 0 saturated carbocycles. The highest BCUT2D eigenvalue weighted by Gasteiger charge is 2.27. The molecule has 130 valence electrons. The second-order valence-electron chi connectivity index (χ2n) is 5.83. The minimum absolute atomic E-state index is 0.182. The first-order valence-electron chi connectivity index (χ1n) is 8.22. The number of rotatable bonds is 4. The van der Waals surface area contributed by atoms with Gasteiger partial charge >= 0.3 is 6.03 Å². The Morgan fingerprint density at radius 2 is 2.08 bits per heavy atom. The van der Waals surface area contributed by atoms with E-state index in [1.807, 2.05) is 30.3 Å². The maximum atomic E-state index is 12.8. The van der Waals surface area contributed by atoms with Crippen molar-refractivity contribution in [3.63, 3.8) is 0 Å². The van der Waals surface area contributed by atoms with Crippen LogP contribution in [0.25, 0.3) is 0 Å². The van der Waals surface area contributed by atoms with Crippen LogP contribution in [0.3, 0.4) is 0 Å². The fourth-order valence-corrected chi connectivity index (χ4v) is 3.69. The van der Waals surface area contributed by atoms with E-state index in [1.54, 1.807) is 28.8 Å². The number of urea groups is 1. The lowest BCUT2D eigenvalue weighted by atomic mass is 10.1. The number of hydrogen-bond donors (Lipinski definition) is 1. The largest absolute Gasteiger partial charge is 0.337 e. The van der Waals surface area contributed by atoms with E-state index in [4.69, 9.17) is 11.6 Å². The molecule has 1 atom stereocenters. The molecule has 6 heteroatoms. The smallest absolute Gasteiger partial charge is 0.328 e. The van der Waals surface area contributed by atoms with Gasteiger partial charge in [0.2, 0.25) is 0 Å². The molecule has 0 spiro atoms. The van der Waals surface area contributed by atoms with Gasteiger partial charge in [0, 0.05) is 16.8 Å². The third kappa shape index (κ3) is 4.77. The average Bonchev–Trinajstić information content (AvgIpc) is 3.02. The Balaban J connectivity index is 1.71. The zero-order valence-electron chi connectivity index (χ0n) is 14.0. The lowest BCUT2D eigenvalue weighted by molar-refractivity contribution is 0.249. The molecule has 1 aliphatic rings. The Morgan fingerprint density at radius 1 is 1.28 bits per heavy atom. The molecule has 25 heavy (non-hydrogen) atoms. The maximum absolute atomic E-state index is 12.8. The molecule has 2 aromatic carbocycles. The first-order chi connectivity index (χ1) is 12.1. The Kier molecular flexibility index (Phi) is 6.00. The number of amides is 2. The topological polar surface area (TPSA) is 44.7 Å². The van der Waals surface area contributed by atoms with Gasteiger partial charge in [-0.2, -0.15) is 0 Å². The molecular formula is C19H20ClN3OS.